The Bertz CT molecular complexity index is 460. The van der Waals surface area contributed by atoms with E-state index in [1.807, 2.05) is 0 Å². The van der Waals surface area contributed by atoms with Crippen molar-refractivity contribution >= 4 is 7.14 Å². The van der Waals surface area contributed by atoms with Crippen LogP contribution < -0.4 is 0 Å². The molecule has 0 saturated heterocycles. The third kappa shape index (κ3) is 9.09. The van der Waals surface area contributed by atoms with Crippen LogP contribution in [-0.2, 0) is 10.7 Å². The normalized spacial score (nSPS) is 16.3. The van der Waals surface area contributed by atoms with E-state index < -0.39 is 7.14 Å². The molecule has 2 heteroatoms. The first-order chi connectivity index (χ1) is 12.1. The molecule has 0 aliphatic carbocycles. The lowest BCUT2D eigenvalue weighted by atomic mass is 10.0. The highest BCUT2D eigenvalue weighted by Gasteiger charge is 2.29. The number of hydrogen-bond donors (Lipinski definition) is 0. The molecule has 0 aliphatic heterocycles. The molecule has 2 unspecified atom stereocenters. The smallest absolute Gasteiger partial charge is 0.0924 e. The van der Waals surface area contributed by atoms with Gasteiger partial charge in [-0.1, -0.05) is 109 Å². The predicted octanol–water partition coefficient (Wildman–Crippen LogP) is 7.98. The van der Waals surface area contributed by atoms with Crippen molar-refractivity contribution in [2.75, 3.05) is 12.3 Å². The summed E-state index contributed by atoms with van der Waals surface area (Å²) in [6.45, 7) is 9.07. The molecule has 0 aliphatic rings. The first-order valence-corrected chi connectivity index (χ1v) is 12.9. The SMILES string of the molecule is CCCCC(CC)CP(=O)(Cc1ccccc1)CC(CC)CCCC. The predicted molar refractivity (Wildman–Crippen MR) is 114 cm³/mol. The van der Waals surface area contributed by atoms with Crippen molar-refractivity contribution in [2.24, 2.45) is 11.8 Å². The van der Waals surface area contributed by atoms with Crippen molar-refractivity contribution in [1.29, 1.82) is 0 Å². The number of hydrogen-bond acceptors (Lipinski definition) is 1. The topological polar surface area (TPSA) is 17.1 Å². The van der Waals surface area contributed by atoms with Gasteiger partial charge in [0.1, 0.15) is 0 Å². The van der Waals surface area contributed by atoms with Crippen molar-refractivity contribution < 1.29 is 4.57 Å². The second kappa shape index (κ2) is 12.7. The molecule has 25 heavy (non-hydrogen) atoms. The molecule has 1 aromatic rings. The van der Waals surface area contributed by atoms with Crippen LogP contribution in [0.15, 0.2) is 30.3 Å². The molecule has 1 aromatic carbocycles. The lowest BCUT2D eigenvalue weighted by Crippen LogP contribution is -2.14. The van der Waals surface area contributed by atoms with Gasteiger partial charge in [0.25, 0.3) is 0 Å². The lowest BCUT2D eigenvalue weighted by molar-refractivity contribution is 0.462. The van der Waals surface area contributed by atoms with Crippen molar-refractivity contribution in [3.8, 4) is 0 Å². The van der Waals surface area contributed by atoms with Crippen LogP contribution in [0.4, 0.5) is 0 Å². The third-order valence-electron chi connectivity index (χ3n) is 5.58. The summed E-state index contributed by atoms with van der Waals surface area (Å²) in [5.41, 5.74) is 1.27. The Hall–Kier alpha value is -0.550. The molecule has 0 radical (unpaired) electrons. The summed E-state index contributed by atoms with van der Waals surface area (Å²) in [5, 5.41) is 0. The zero-order chi connectivity index (χ0) is 18.5. The van der Waals surface area contributed by atoms with Gasteiger partial charge in [0.15, 0.2) is 0 Å². The van der Waals surface area contributed by atoms with E-state index in [2.05, 4.69) is 58.0 Å². The summed E-state index contributed by atoms with van der Waals surface area (Å²) < 4.78 is 14.0. The van der Waals surface area contributed by atoms with Crippen LogP contribution in [0.1, 0.15) is 84.6 Å². The fourth-order valence-electron chi connectivity index (χ4n) is 3.90. The second-order valence-electron chi connectivity index (χ2n) is 7.90. The first kappa shape index (κ1) is 22.5. The number of rotatable bonds is 14. The van der Waals surface area contributed by atoms with Gasteiger partial charge in [-0.3, -0.25) is 0 Å². The summed E-state index contributed by atoms with van der Waals surface area (Å²) >= 11 is 0. The summed E-state index contributed by atoms with van der Waals surface area (Å²) in [6, 6.07) is 10.5. The van der Waals surface area contributed by atoms with Crippen LogP contribution in [0.3, 0.4) is 0 Å². The Labute approximate surface area is 157 Å². The van der Waals surface area contributed by atoms with E-state index >= 15 is 0 Å². The van der Waals surface area contributed by atoms with E-state index in [9.17, 15) is 4.57 Å². The van der Waals surface area contributed by atoms with E-state index in [-0.39, 0.29) is 0 Å². The van der Waals surface area contributed by atoms with Gasteiger partial charge in [-0.05, 0) is 17.4 Å². The first-order valence-electron chi connectivity index (χ1n) is 10.7. The van der Waals surface area contributed by atoms with Gasteiger partial charge in [-0.2, -0.15) is 0 Å². The second-order valence-corrected chi connectivity index (χ2v) is 11.1. The molecule has 0 heterocycles. The highest BCUT2D eigenvalue weighted by molar-refractivity contribution is 7.63. The van der Waals surface area contributed by atoms with E-state index in [0.29, 0.717) is 11.8 Å². The zero-order valence-electron chi connectivity index (χ0n) is 17.2. The van der Waals surface area contributed by atoms with Crippen LogP contribution in [0.25, 0.3) is 0 Å². The van der Waals surface area contributed by atoms with Gasteiger partial charge < -0.3 is 4.57 Å². The third-order valence-corrected chi connectivity index (χ3v) is 8.89. The Balaban J connectivity index is 2.88. The highest BCUT2D eigenvalue weighted by Crippen LogP contribution is 2.53. The van der Waals surface area contributed by atoms with Crippen molar-refractivity contribution in [3.63, 3.8) is 0 Å². The molecule has 0 spiro atoms. The van der Waals surface area contributed by atoms with Gasteiger partial charge in [0.2, 0.25) is 0 Å². The van der Waals surface area contributed by atoms with Gasteiger partial charge in [-0.25, -0.2) is 0 Å². The summed E-state index contributed by atoms with van der Waals surface area (Å²) in [6.07, 6.45) is 12.6. The van der Waals surface area contributed by atoms with Crippen molar-refractivity contribution in [2.45, 2.75) is 85.2 Å². The van der Waals surface area contributed by atoms with Gasteiger partial charge in [0, 0.05) is 18.5 Å². The van der Waals surface area contributed by atoms with Gasteiger partial charge in [-0.15, -0.1) is 0 Å². The molecular weight excluding hydrogens is 323 g/mol. The Morgan fingerprint density at radius 2 is 1.28 bits per heavy atom. The minimum atomic E-state index is -2.17. The molecule has 0 amide bonds. The lowest BCUT2D eigenvalue weighted by Gasteiger charge is -2.27. The summed E-state index contributed by atoms with van der Waals surface area (Å²) in [7, 11) is -2.17. The molecule has 1 nitrogen and oxygen atoms in total. The van der Waals surface area contributed by atoms with Crippen LogP contribution in [0, 0.1) is 11.8 Å². The minimum absolute atomic E-state index is 0.637. The average molecular weight is 365 g/mol. The largest absolute Gasteiger partial charge is 0.323 e. The van der Waals surface area contributed by atoms with Gasteiger partial charge >= 0.3 is 0 Å². The fourth-order valence-corrected chi connectivity index (χ4v) is 7.94. The average Bonchev–Trinajstić information content (AvgIpc) is 2.63. The van der Waals surface area contributed by atoms with Crippen LogP contribution in [-0.4, -0.2) is 12.3 Å². The van der Waals surface area contributed by atoms with Crippen LogP contribution in [0.5, 0.6) is 0 Å². The van der Waals surface area contributed by atoms with Crippen molar-refractivity contribution in [3.05, 3.63) is 35.9 Å². The maximum atomic E-state index is 14.0. The molecule has 0 aromatic heterocycles. The van der Waals surface area contributed by atoms with E-state index in [1.54, 1.807) is 0 Å². The van der Waals surface area contributed by atoms with Crippen LogP contribution in [0.2, 0.25) is 0 Å². The van der Waals surface area contributed by atoms with Crippen LogP contribution >= 0.6 is 7.14 Å². The van der Waals surface area contributed by atoms with Gasteiger partial charge in [0.05, 0.1) is 7.14 Å². The Morgan fingerprint density at radius 3 is 1.68 bits per heavy atom. The molecule has 0 saturated carbocycles. The molecule has 0 bridgehead atoms. The van der Waals surface area contributed by atoms with E-state index in [1.165, 1.54) is 56.9 Å². The monoisotopic (exact) mass is 364 g/mol. The molecule has 144 valence electrons. The Kier molecular flexibility index (Phi) is 11.5. The van der Waals surface area contributed by atoms with Crippen molar-refractivity contribution in [1.82, 2.24) is 0 Å². The quantitative estimate of drug-likeness (QED) is 0.306. The van der Waals surface area contributed by atoms with E-state index in [0.717, 1.165) is 18.5 Å². The molecule has 2 atom stereocenters. The molecule has 0 fully saturated rings. The minimum Gasteiger partial charge on any atom is -0.323 e. The van der Waals surface area contributed by atoms with E-state index in [4.69, 9.17) is 0 Å². The number of benzene rings is 1. The standard InChI is InChI=1S/C23H41OP/c1-5-9-14-21(7-3)18-25(24,19-22(8-4)15-10-6-2)20-23-16-12-11-13-17-23/h11-13,16-17,21-22H,5-10,14-15,18-20H2,1-4H3. The number of unbranched alkanes of at least 4 members (excludes halogenated alkanes) is 2. The molecule has 0 N–H and O–H groups in total. The fraction of sp³-hybridized carbons (Fsp3) is 0.739. The summed E-state index contributed by atoms with van der Waals surface area (Å²) in [5.74, 6) is 1.27. The maximum Gasteiger partial charge on any atom is 0.0924 e. The molecular formula is C23H41OP. The maximum absolute atomic E-state index is 14.0. The summed E-state index contributed by atoms with van der Waals surface area (Å²) in [4.78, 5) is 0. The zero-order valence-corrected chi connectivity index (χ0v) is 18.1. The highest BCUT2D eigenvalue weighted by atomic mass is 31.2. The Morgan fingerprint density at radius 1 is 0.800 bits per heavy atom. The molecule has 1 rings (SSSR count).